The molecule has 1 atom stereocenters. The van der Waals surface area contributed by atoms with E-state index in [2.05, 4.69) is 13.8 Å². The van der Waals surface area contributed by atoms with Gasteiger partial charge in [-0.1, -0.05) is 50.2 Å². The minimum atomic E-state index is -0.828. The lowest BCUT2D eigenvalue weighted by Crippen LogP contribution is -2.29. The average Bonchev–Trinajstić information content (AvgIpc) is 3.37. The van der Waals surface area contributed by atoms with Crippen molar-refractivity contribution in [1.29, 1.82) is 0 Å². The molecular weight excluding hydrogens is 409 g/mol. The summed E-state index contributed by atoms with van der Waals surface area (Å²) < 4.78 is 19.6. The Bertz CT molecular complexity index is 1190. The third-order valence-corrected chi connectivity index (χ3v) is 5.81. The van der Waals surface area contributed by atoms with Crippen LogP contribution in [0, 0.1) is 12.7 Å². The Kier molecular flexibility index (Phi) is 5.70. The van der Waals surface area contributed by atoms with Crippen molar-refractivity contribution in [2.45, 2.75) is 39.3 Å². The second kappa shape index (κ2) is 8.46. The molecule has 0 radical (unpaired) electrons. The summed E-state index contributed by atoms with van der Waals surface area (Å²) in [6.07, 6.45) is 1.49. The Morgan fingerprint density at radius 2 is 1.84 bits per heavy atom. The van der Waals surface area contributed by atoms with Gasteiger partial charge in [0.1, 0.15) is 17.3 Å². The lowest BCUT2D eigenvalue weighted by Gasteiger charge is -2.25. The number of likely N-dealkylation sites (tertiary alicyclic amines) is 1. The normalized spacial score (nSPS) is 18.0. The van der Waals surface area contributed by atoms with E-state index >= 15 is 0 Å². The van der Waals surface area contributed by atoms with Gasteiger partial charge in [-0.15, -0.1) is 0 Å². The molecule has 32 heavy (non-hydrogen) atoms. The molecule has 4 rings (SSSR count). The summed E-state index contributed by atoms with van der Waals surface area (Å²) in [7, 11) is 0. The third-order valence-electron chi connectivity index (χ3n) is 5.81. The number of aliphatic hydroxyl groups is 1. The Hall–Kier alpha value is -3.67. The Balaban J connectivity index is 1.86. The van der Waals surface area contributed by atoms with Crippen molar-refractivity contribution < 1.29 is 23.5 Å². The van der Waals surface area contributed by atoms with E-state index in [9.17, 15) is 19.1 Å². The number of benzene rings is 2. The van der Waals surface area contributed by atoms with E-state index in [0.717, 1.165) is 5.56 Å². The van der Waals surface area contributed by atoms with Crippen LogP contribution in [0.1, 0.15) is 53.8 Å². The lowest BCUT2D eigenvalue weighted by molar-refractivity contribution is -0.140. The predicted molar refractivity (Wildman–Crippen MR) is 118 cm³/mol. The smallest absolute Gasteiger partial charge is 0.296 e. The number of hydrogen-bond donors (Lipinski definition) is 1. The van der Waals surface area contributed by atoms with Crippen LogP contribution in [0.5, 0.6) is 0 Å². The molecule has 6 heteroatoms. The van der Waals surface area contributed by atoms with Crippen LogP contribution in [-0.2, 0) is 16.1 Å². The predicted octanol–water partition coefficient (Wildman–Crippen LogP) is 5.47. The molecule has 1 saturated heterocycles. The van der Waals surface area contributed by atoms with Crippen LogP contribution in [0.3, 0.4) is 0 Å². The molecule has 0 spiro atoms. The van der Waals surface area contributed by atoms with E-state index in [1.54, 1.807) is 19.1 Å². The fourth-order valence-electron chi connectivity index (χ4n) is 3.92. The number of halogens is 1. The van der Waals surface area contributed by atoms with Gasteiger partial charge >= 0.3 is 0 Å². The molecule has 0 aliphatic carbocycles. The standard InChI is InChI=1S/C26H24FNO4/c1-15(2)17-8-10-18(11-9-17)23-22(24(29)19-7-6-16(3)21(27)13-19)25(30)26(31)28(23)14-20-5-4-12-32-20/h4-13,15,23,29H,14H2,1-3H3. The highest BCUT2D eigenvalue weighted by Gasteiger charge is 2.46. The minimum absolute atomic E-state index is 0.0627. The van der Waals surface area contributed by atoms with Crippen LogP contribution >= 0.6 is 0 Å². The Morgan fingerprint density at radius 1 is 1.12 bits per heavy atom. The summed E-state index contributed by atoms with van der Waals surface area (Å²) in [5.41, 5.74) is 2.28. The number of aryl methyl sites for hydroxylation is 1. The molecule has 164 valence electrons. The first-order valence-corrected chi connectivity index (χ1v) is 10.4. The lowest BCUT2D eigenvalue weighted by atomic mass is 9.93. The number of Topliss-reactive ketones (excluding diaryl/α,β-unsaturated/α-hetero) is 1. The summed E-state index contributed by atoms with van der Waals surface area (Å²) in [4.78, 5) is 27.4. The van der Waals surface area contributed by atoms with Gasteiger partial charge < -0.3 is 14.4 Å². The van der Waals surface area contributed by atoms with Gasteiger partial charge in [0.25, 0.3) is 11.7 Å². The summed E-state index contributed by atoms with van der Waals surface area (Å²) in [6.45, 7) is 5.82. The number of furan rings is 1. The van der Waals surface area contributed by atoms with Crippen LogP contribution in [-0.4, -0.2) is 21.7 Å². The molecule has 0 bridgehead atoms. The second-order valence-corrected chi connectivity index (χ2v) is 8.29. The maximum absolute atomic E-state index is 14.2. The molecule has 1 unspecified atom stereocenters. The van der Waals surface area contributed by atoms with Gasteiger partial charge in [0.05, 0.1) is 24.4 Å². The molecule has 1 N–H and O–H groups in total. The van der Waals surface area contributed by atoms with E-state index < -0.39 is 29.3 Å². The zero-order valence-electron chi connectivity index (χ0n) is 18.1. The number of amides is 1. The van der Waals surface area contributed by atoms with Gasteiger partial charge in [0, 0.05) is 5.56 Å². The summed E-state index contributed by atoms with van der Waals surface area (Å²) in [6, 6.07) is 14.4. The number of hydrogen-bond acceptors (Lipinski definition) is 4. The second-order valence-electron chi connectivity index (χ2n) is 8.29. The molecule has 1 aromatic heterocycles. The average molecular weight is 433 g/mol. The summed E-state index contributed by atoms with van der Waals surface area (Å²) in [5, 5.41) is 11.0. The van der Waals surface area contributed by atoms with Crippen molar-refractivity contribution >= 4 is 17.4 Å². The van der Waals surface area contributed by atoms with Crippen molar-refractivity contribution in [3.05, 3.63) is 100 Å². The van der Waals surface area contributed by atoms with Gasteiger partial charge in [-0.05, 0) is 47.7 Å². The molecule has 3 aromatic rings. The first-order valence-electron chi connectivity index (χ1n) is 10.4. The zero-order chi connectivity index (χ0) is 23.0. The number of nitrogens with zero attached hydrogens (tertiary/aromatic N) is 1. The SMILES string of the molecule is Cc1ccc(C(O)=C2C(=O)C(=O)N(Cc3ccco3)C2c2ccc(C(C)C)cc2)cc1F. The first-order chi connectivity index (χ1) is 15.3. The highest BCUT2D eigenvalue weighted by atomic mass is 19.1. The van der Waals surface area contributed by atoms with Crippen LogP contribution in [0.2, 0.25) is 0 Å². The van der Waals surface area contributed by atoms with Crippen molar-refractivity contribution in [3.8, 4) is 0 Å². The molecule has 1 amide bonds. The van der Waals surface area contributed by atoms with E-state index in [1.807, 2.05) is 24.3 Å². The van der Waals surface area contributed by atoms with E-state index in [0.29, 0.717) is 22.8 Å². The monoisotopic (exact) mass is 433 g/mol. The number of carbonyl (C=O) groups excluding carboxylic acids is 2. The Labute approximate surface area is 185 Å². The van der Waals surface area contributed by atoms with Crippen molar-refractivity contribution in [3.63, 3.8) is 0 Å². The number of aliphatic hydroxyl groups excluding tert-OH is 1. The van der Waals surface area contributed by atoms with Crippen LogP contribution in [0.4, 0.5) is 4.39 Å². The maximum Gasteiger partial charge on any atom is 0.296 e. The molecule has 1 aliphatic heterocycles. The summed E-state index contributed by atoms with van der Waals surface area (Å²) >= 11 is 0. The first kappa shape index (κ1) is 21.6. The summed E-state index contributed by atoms with van der Waals surface area (Å²) in [5.74, 6) is -1.63. The quantitative estimate of drug-likeness (QED) is 0.329. The Morgan fingerprint density at radius 3 is 2.44 bits per heavy atom. The van der Waals surface area contributed by atoms with Crippen LogP contribution in [0.15, 0.2) is 70.9 Å². The van der Waals surface area contributed by atoms with Gasteiger partial charge in [-0.3, -0.25) is 9.59 Å². The third kappa shape index (κ3) is 3.84. The molecule has 1 fully saturated rings. The molecule has 5 nitrogen and oxygen atoms in total. The van der Waals surface area contributed by atoms with Crippen molar-refractivity contribution in [2.24, 2.45) is 0 Å². The number of rotatable bonds is 5. The number of ketones is 1. The van der Waals surface area contributed by atoms with E-state index in [-0.39, 0.29) is 17.7 Å². The van der Waals surface area contributed by atoms with E-state index in [4.69, 9.17) is 4.42 Å². The van der Waals surface area contributed by atoms with Crippen LogP contribution < -0.4 is 0 Å². The number of carbonyl (C=O) groups is 2. The fourth-order valence-corrected chi connectivity index (χ4v) is 3.92. The van der Waals surface area contributed by atoms with Crippen molar-refractivity contribution in [1.82, 2.24) is 4.90 Å². The van der Waals surface area contributed by atoms with Gasteiger partial charge in [0.15, 0.2) is 0 Å². The fraction of sp³-hybridized carbons (Fsp3) is 0.231. The topological polar surface area (TPSA) is 70.8 Å². The highest BCUT2D eigenvalue weighted by Crippen LogP contribution is 2.40. The minimum Gasteiger partial charge on any atom is -0.507 e. The van der Waals surface area contributed by atoms with Crippen LogP contribution in [0.25, 0.3) is 5.76 Å². The maximum atomic E-state index is 14.2. The molecule has 1 aliphatic rings. The van der Waals surface area contributed by atoms with Crippen molar-refractivity contribution in [2.75, 3.05) is 0 Å². The zero-order valence-corrected chi connectivity index (χ0v) is 18.1. The molecule has 2 aromatic carbocycles. The van der Waals surface area contributed by atoms with Gasteiger partial charge in [-0.25, -0.2) is 4.39 Å². The molecular formula is C26H24FNO4. The van der Waals surface area contributed by atoms with Gasteiger partial charge in [0.2, 0.25) is 0 Å². The molecule has 0 saturated carbocycles. The van der Waals surface area contributed by atoms with Gasteiger partial charge in [-0.2, -0.15) is 0 Å². The van der Waals surface area contributed by atoms with E-state index in [1.165, 1.54) is 29.4 Å². The molecule has 2 heterocycles. The highest BCUT2D eigenvalue weighted by molar-refractivity contribution is 6.46. The largest absolute Gasteiger partial charge is 0.507 e.